The summed E-state index contributed by atoms with van der Waals surface area (Å²) in [5.41, 5.74) is 1.61. The summed E-state index contributed by atoms with van der Waals surface area (Å²) in [6.07, 6.45) is -0.937. The zero-order valence-electron chi connectivity index (χ0n) is 17.1. The van der Waals surface area contributed by atoms with E-state index in [4.69, 9.17) is 0 Å². The van der Waals surface area contributed by atoms with Gasteiger partial charge in [-0.2, -0.15) is 13.2 Å². The van der Waals surface area contributed by atoms with E-state index >= 15 is 0 Å². The number of carbonyl (C=O) groups is 1. The van der Waals surface area contributed by atoms with E-state index in [2.05, 4.69) is 25.7 Å². The van der Waals surface area contributed by atoms with Crippen LogP contribution in [0, 0.1) is 0 Å². The molecule has 0 saturated heterocycles. The van der Waals surface area contributed by atoms with Crippen LogP contribution in [0.4, 0.5) is 13.2 Å². The molecule has 1 fully saturated rings. The van der Waals surface area contributed by atoms with Crippen LogP contribution in [0.2, 0.25) is 0 Å². The van der Waals surface area contributed by atoms with Gasteiger partial charge in [0.1, 0.15) is 6.61 Å². The lowest BCUT2D eigenvalue weighted by Gasteiger charge is -2.11. The maximum Gasteiger partial charge on any atom is 0.411 e. The molecule has 2 rings (SSSR count). The molecule has 0 radical (unpaired) electrons. The lowest BCUT2D eigenvalue weighted by Crippen LogP contribution is -2.38. The summed E-state index contributed by atoms with van der Waals surface area (Å²) in [5.74, 6) is 0.753. The summed E-state index contributed by atoms with van der Waals surface area (Å²) < 4.78 is 40.9. The molecule has 1 aliphatic carbocycles. The maximum atomic E-state index is 12.1. The Bertz CT molecular complexity index is 665. The van der Waals surface area contributed by atoms with Crippen LogP contribution in [0.15, 0.2) is 29.3 Å². The van der Waals surface area contributed by atoms with Gasteiger partial charge in [-0.3, -0.25) is 4.79 Å². The van der Waals surface area contributed by atoms with Gasteiger partial charge < -0.3 is 20.7 Å². The van der Waals surface area contributed by atoms with Crippen molar-refractivity contribution in [3.63, 3.8) is 0 Å². The van der Waals surface area contributed by atoms with Crippen molar-refractivity contribution >= 4 is 35.8 Å². The van der Waals surface area contributed by atoms with Gasteiger partial charge in [-0.15, -0.1) is 24.0 Å². The smallest absolute Gasteiger partial charge is 0.367 e. The number of carbonyl (C=O) groups excluding carboxylic acids is 1. The van der Waals surface area contributed by atoms with Crippen molar-refractivity contribution in [1.29, 1.82) is 0 Å². The third-order valence-corrected chi connectivity index (χ3v) is 4.14. The Morgan fingerprint density at radius 2 is 1.83 bits per heavy atom. The number of hydrogen-bond donors (Lipinski definition) is 3. The summed E-state index contributed by atoms with van der Waals surface area (Å²) in [7, 11) is 0. The standard InChI is InChI=1S/C20H29F3N4O2.HI/c1-2-24-19(25-11-3-4-18(28)27-17-9-10-17)26-12-15-5-7-16(8-6-15)13-29-14-20(21,22)23;/h5-8,17H,2-4,9-14H2,1H3,(H,27,28)(H2,24,25,26);1H. The van der Waals surface area contributed by atoms with Crippen molar-refractivity contribution in [2.75, 3.05) is 19.7 Å². The van der Waals surface area contributed by atoms with E-state index in [0.717, 1.165) is 24.8 Å². The Labute approximate surface area is 192 Å². The largest absolute Gasteiger partial charge is 0.411 e. The third-order valence-electron chi connectivity index (χ3n) is 4.14. The van der Waals surface area contributed by atoms with E-state index in [9.17, 15) is 18.0 Å². The van der Waals surface area contributed by atoms with E-state index in [0.29, 0.717) is 43.6 Å². The average Bonchev–Trinajstić information content (AvgIpc) is 3.47. The van der Waals surface area contributed by atoms with Crippen LogP contribution in [0.25, 0.3) is 0 Å². The quantitative estimate of drug-likeness (QED) is 0.173. The molecule has 0 unspecified atom stereocenters. The molecule has 0 aromatic heterocycles. The molecular formula is C20H30F3IN4O2. The number of halogens is 4. The number of alkyl halides is 3. The second-order valence-corrected chi connectivity index (χ2v) is 6.99. The second-order valence-electron chi connectivity index (χ2n) is 6.99. The molecule has 1 aliphatic rings. The molecular weight excluding hydrogens is 512 g/mol. The number of amides is 1. The van der Waals surface area contributed by atoms with Gasteiger partial charge in [0.25, 0.3) is 0 Å². The van der Waals surface area contributed by atoms with Gasteiger partial charge in [-0.05, 0) is 37.3 Å². The molecule has 1 aromatic rings. The van der Waals surface area contributed by atoms with Crippen molar-refractivity contribution < 1.29 is 22.7 Å². The molecule has 1 saturated carbocycles. The molecule has 30 heavy (non-hydrogen) atoms. The fourth-order valence-corrected chi connectivity index (χ4v) is 2.52. The molecule has 0 heterocycles. The van der Waals surface area contributed by atoms with Gasteiger partial charge in [0.15, 0.2) is 5.96 Å². The normalized spacial score (nSPS) is 14.1. The molecule has 0 bridgehead atoms. The predicted octanol–water partition coefficient (Wildman–Crippen LogP) is 3.50. The van der Waals surface area contributed by atoms with Crippen molar-refractivity contribution in [2.24, 2.45) is 4.99 Å². The van der Waals surface area contributed by atoms with Gasteiger partial charge >= 0.3 is 6.18 Å². The van der Waals surface area contributed by atoms with Crippen molar-refractivity contribution in [1.82, 2.24) is 16.0 Å². The number of hydrogen-bond acceptors (Lipinski definition) is 3. The Kier molecular flexibility index (Phi) is 12.1. The molecule has 0 spiro atoms. The van der Waals surface area contributed by atoms with Crippen LogP contribution in [-0.4, -0.2) is 43.8 Å². The summed E-state index contributed by atoms with van der Waals surface area (Å²) in [4.78, 5) is 16.2. The van der Waals surface area contributed by atoms with Crippen molar-refractivity contribution in [3.05, 3.63) is 35.4 Å². The fourth-order valence-electron chi connectivity index (χ4n) is 2.52. The van der Waals surface area contributed by atoms with Crippen LogP contribution in [0.3, 0.4) is 0 Å². The highest BCUT2D eigenvalue weighted by Gasteiger charge is 2.27. The number of nitrogens with one attached hydrogen (secondary N) is 3. The number of nitrogens with zero attached hydrogens (tertiary/aromatic N) is 1. The summed E-state index contributed by atoms with van der Waals surface area (Å²) in [5, 5.41) is 9.31. The first-order valence-electron chi connectivity index (χ1n) is 9.89. The van der Waals surface area contributed by atoms with Crippen molar-refractivity contribution in [3.8, 4) is 0 Å². The molecule has 0 aliphatic heterocycles. The van der Waals surface area contributed by atoms with E-state index in [1.807, 2.05) is 19.1 Å². The molecule has 3 N–H and O–H groups in total. The summed E-state index contributed by atoms with van der Waals surface area (Å²) >= 11 is 0. The highest BCUT2D eigenvalue weighted by atomic mass is 127. The van der Waals surface area contributed by atoms with Gasteiger partial charge in [-0.25, -0.2) is 4.99 Å². The zero-order chi connectivity index (χ0) is 21.1. The molecule has 1 amide bonds. The second kappa shape index (κ2) is 13.7. The van der Waals surface area contributed by atoms with Crippen LogP contribution < -0.4 is 16.0 Å². The van der Waals surface area contributed by atoms with Gasteiger partial charge in [0.05, 0.1) is 13.2 Å². The van der Waals surface area contributed by atoms with Crippen LogP contribution >= 0.6 is 24.0 Å². The molecule has 0 atom stereocenters. The molecule has 1 aromatic carbocycles. The SMILES string of the molecule is CCNC(=NCc1ccc(COCC(F)(F)F)cc1)NCCCC(=O)NC1CC1.I. The topological polar surface area (TPSA) is 74.8 Å². The monoisotopic (exact) mass is 542 g/mol. The van der Waals surface area contributed by atoms with Crippen LogP contribution in [0.5, 0.6) is 0 Å². The predicted molar refractivity (Wildman–Crippen MR) is 121 cm³/mol. The lowest BCUT2D eigenvalue weighted by molar-refractivity contribution is -0.176. The Morgan fingerprint density at radius 1 is 1.17 bits per heavy atom. The number of ether oxygens (including phenoxy) is 1. The maximum absolute atomic E-state index is 12.1. The summed E-state index contributed by atoms with van der Waals surface area (Å²) in [6, 6.07) is 7.50. The average molecular weight is 542 g/mol. The van der Waals surface area contributed by atoms with Gasteiger partial charge in [-0.1, -0.05) is 24.3 Å². The minimum atomic E-state index is -4.31. The number of guanidine groups is 1. The van der Waals surface area contributed by atoms with Crippen LogP contribution in [0.1, 0.15) is 43.7 Å². The van der Waals surface area contributed by atoms with E-state index in [1.54, 1.807) is 12.1 Å². The Hall–Kier alpha value is -1.56. The number of aliphatic imine (C=N–C) groups is 1. The van der Waals surface area contributed by atoms with E-state index in [-0.39, 0.29) is 36.5 Å². The highest BCUT2D eigenvalue weighted by molar-refractivity contribution is 14.0. The molecule has 6 nitrogen and oxygen atoms in total. The van der Waals surface area contributed by atoms with Crippen molar-refractivity contribution in [2.45, 2.75) is 58.0 Å². The zero-order valence-corrected chi connectivity index (χ0v) is 19.4. The third kappa shape index (κ3) is 12.2. The van der Waals surface area contributed by atoms with Crippen LogP contribution in [-0.2, 0) is 22.7 Å². The van der Waals surface area contributed by atoms with E-state index in [1.165, 1.54) is 0 Å². The Balaban J connectivity index is 0.00000450. The highest BCUT2D eigenvalue weighted by Crippen LogP contribution is 2.18. The summed E-state index contributed by atoms with van der Waals surface area (Å²) in [6.45, 7) is 2.42. The Morgan fingerprint density at radius 3 is 2.43 bits per heavy atom. The minimum absolute atomic E-state index is 0. The van der Waals surface area contributed by atoms with Gasteiger partial charge in [0, 0.05) is 25.6 Å². The fraction of sp³-hybridized carbons (Fsp3) is 0.600. The minimum Gasteiger partial charge on any atom is -0.367 e. The lowest BCUT2D eigenvalue weighted by atomic mass is 10.1. The first-order chi connectivity index (χ1) is 13.9. The number of rotatable bonds is 11. The first kappa shape index (κ1) is 26.5. The van der Waals surface area contributed by atoms with Gasteiger partial charge in [0.2, 0.25) is 5.91 Å². The number of benzene rings is 1. The molecule has 170 valence electrons. The van der Waals surface area contributed by atoms with E-state index < -0.39 is 12.8 Å². The first-order valence-corrected chi connectivity index (χ1v) is 9.89. The molecule has 10 heteroatoms.